The summed E-state index contributed by atoms with van der Waals surface area (Å²) in [4.78, 5) is 0. The highest BCUT2D eigenvalue weighted by Gasteiger charge is 2.17. The number of rotatable bonds is 6. The van der Waals surface area contributed by atoms with E-state index in [1.54, 1.807) is 43.5 Å². The minimum absolute atomic E-state index is 0.157. The fourth-order valence-electron chi connectivity index (χ4n) is 2.03. The highest BCUT2D eigenvalue weighted by Crippen LogP contribution is 2.18. The van der Waals surface area contributed by atoms with E-state index in [4.69, 9.17) is 4.74 Å². The topological polar surface area (TPSA) is 66.8 Å². The number of hydrogen-bond acceptors (Lipinski definition) is 4. The minimum atomic E-state index is -3.35. The highest BCUT2D eigenvalue weighted by atomic mass is 32.2. The summed E-state index contributed by atoms with van der Waals surface area (Å²) in [6.07, 6.45) is 1.19. The second kappa shape index (κ2) is 6.81. The monoisotopic (exact) mass is 321 g/mol. The molecule has 0 aliphatic carbocycles. The van der Waals surface area contributed by atoms with Gasteiger partial charge in [0.05, 0.1) is 13.4 Å². The fraction of sp³-hybridized carbons (Fsp3) is 0.250. The van der Waals surface area contributed by atoms with Gasteiger partial charge in [-0.05, 0) is 35.4 Å². The fourth-order valence-corrected chi connectivity index (χ4v) is 2.80. The second-order valence-corrected chi connectivity index (χ2v) is 7.03. The molecule has 0 aliphatic rings. The molecule has 0 heterocycles. The number of sulfonamides is 1. The van der Waals surface area contributed by atoms with Gasteiger partial charge in [0.2, 0.25) is 10.0 Å². The number of ether oxygens (including phenoxy) is 1. The predicted molar refractivity (Wildman–Crippen MR) is 85.2 cm³/mol. The molecular weight excluding hydrogens is 302 g/mol. The Bertz CT molecular complexity index is 709. The van der Waals surface area contributed by atoms with Crippen LogP contribution in [0.25, 0.3) is 0 Å². The SMILES string of the molecule is COc1ccc(CN(Cc2ccc(O)cc2)S(C)(=O)=O)cc1. The lowest BCUT2D eigenvalue weighted by Crippen LogP contribution is -2.29. The predicted octanol–water partition coefficient (Wildman–Crippen LogP) is 2.36. The van der Waals surface area contributed by atoms with Gasteiger partial charge in [0.1, 0.15) is 11.5 Å². The minimum Gasteiger partial charge on any atom is -0.508 e. The van der Waals surface area contributed by atoms with Crippen molar-refractivity contribution in [2.24, 2.45) is 0 Å². The van der Waals surface area contributed by atoms with Gasteiger partial charge in [-0.25, -0.2) is 8.42 Å². The molecule has 0 saturated carbocycles. The van der Waals surface area contributed by atoms with Crippen molar-refractivity contribution < 1.29 is 18.3 Å². The van der Waals surface area contributed by atoms with Gasteiger partial charge in [-0.2, -0.15) is 4.31 Å². The van der Waals surface area contributed by atoms with Crippen LogP contribution >= 0.6 is 0 Å². The maximum Gasteiger partial charge on any atom is 0.211 e. The number of phenolic OH excluding ortho intramolecular Hbond substituents is 1. The summed E-state index contributed by atoms with van der Waals surface area (Å²) in [6.45, 7) is 0.537. The summed E-state index contributed by atoms with van der Waals surface area (Å²) in [7, 11) is -1.76. The third kappa shape index (κ3) is 4.47. The quantitative estimate of drug-likeness (QED) is 0.887. The zero-order valence-corrected chi connectivity index (χ0v) is 13.4. The van der Waals surface area contributed by atoms with Crippen LogP contribution in [0.3, 0.4) is 0 Å². The van der Waals surface area contributed by atoms with E-state index in [1.807, 2.05) is 12.1 Å². The summed E-state index contributed by atoms with van der Waals surface area (Å²) in [6, 6.07) is 13.8. The first kappa shape index (κ1) is 16.3. The molecule has 0 spiro atoms. The number of phenols is 1. The largest absolute Gasteiger partial charge is 0.508 e. The van der Waals surface area contributed by atoms with E-state index < -0.39 is 10.0 Å². The van der Waals surface area contributed by atoms with Crippen molar-refractivity contribution in [1.82, 2.24) is 4.31 Å². The molecule has 0 radical (unpaired) electrons. The third-order valence-corrected chi connectivity index (χ3v) is 4.48. The van der Waals surface area contributed by atoms with E-state index in [1.165, 1.54) is 10.6 Å². The molecule has 0 aliphatic heterocycles. The number of nitrogens with zero attached hydrogens (tertiary/aromatic N) is 1. The van der Waals surface area contributed by atoms with E-state index in [-0.39, 0.29) is 18.8 Å². The van der Waals surface area contributed by atoms with Gasteiger partial charge in [-0.1, -0.05) is 24.3 Å². The zero-order chi connectivity index (χ0) is 16.2. The first-order valence-corrected chi connectivity index (χ1v) is 8.59. The third-order valence-electron chi connectivity index (χ3n) is 3.28. The molecule has 2 aromatic rings. The zero-order valence-electron chi connectivity index (χ0n) is 12.6. The highest BCUT2D eigenvalue weighted by molar-refractivity contribution is 7.88. The van der Waals surface area contributed by atoms with Crippen molar-refractivity contribution in [3.63, 3.8) is 0 Å². The lowest BCUT2D eigenvalue weighted by atomic mass is 10.2. The van der Waals surface area contributed by atoms with E-state index in [2.05, 4.69) is 0 Å². The Morgan fingerprint density at radius 2 is 1.41 bits per heavy atom. The number of methoxy groups -OCH3 is 1. The Kier molecular flexibility index (Phi) is 5.05. The number of aromatic hydroxyl groups is 1. The molecule has 1 N–H and O–H groups in total. The van der Waals surface area contributed by atoms with Gasteiger partial charge in [0.15, 0.2) is 0 Å². The van der Waals surface area contributed by atoms with Crippen molar-refractivity contribution >= 4 is 10.0 Å². The van der Waals surface area contributed by atoms with Gasteiger partial charge >= 0.3 is 0 Å². The van der Waals surface area contributed by atoms with Gasteiger partial charge in [-0.15, -0.1) is 0 Å². The second-order valence-electron chi connectivity index (χ2n) is 5.05. The van der Waals surface area contributed by atoms with Crippen molar-refractivity contribution in [2.45, 2.75) is 13.1 Å². The van der Waals surface area contributed by atoms with E-state index in [0.717, 1.165) is 16.9 Å². The molecule has 0 fully saturated rings. The van der Waals surface area contributed by atoms with Crippen LogP contribution in [0.4, 0.5) is 0 Å². The summed E-state index contributed by atoms with van der Waals surface area (Å²) in [5.41, 5.74) is 1.70. The van der Waals surface area contributed by atoms with Gasteiger partial charge in [0.25, 0.3) is 0 Å². The van der Waals surface area contributed by atoms with Crippen molar-refractivity contribution in [2.75, 3.05) is 13.4 Å². The molecule has 2 rings (SSSR count). The van der Waals surface area contributed by atoms with Gasteiger partial charge in [-0.3, -0.25) is 0 Å². The average molecular weight is 321 g/mol. The lowest BCUT2D eigenvalue weighted by Gasteiger charge is -2.20. The smallest absolute Gasteiger partial charge is 0.211 e. The molecule has 0 bridgehead atoms. The molecule has 22 heavy (non-hydrogen) atoms. The molecule has 5 nitrogen and oxygen atoms in total. The summed E-state index contributed by atoms with van der Waals surface area (Å²) >= 11 is 0. The maximum absolute atomic E-state index is 12.0. The summed E-state index contributed by atoms with van der Waals surface area (Å²) in [5.74, 6) is 0.887. The van der Waals surface area contributed by atoms with Crippen LogP contribution in [0, 0.1) is 0 Å². The number of benzene rings is 2. The Balaban J connectivity index is 2.17. The molecule has 2 aromatic carbocycles. The Labute approximate surface area is 130 Å². The molecule has 0 unspecified atom stereocenters. The van der Waals surface area contributed by atoms with E-state index in [0.29, 0.717) is 0 Å². The van der Waals surface area contributed by atoms with Crippen LogP contribution in [0.2, 0.25) is 0 Å². The van der Waals surface area contributed by atoms with E-state index in [9.17, 15) is 13.5 Å². The number of hydrogen-bond donors (Lipinski definition) is 1. The lowest BCUT2D eigenvalue weighted by molar-refractivity contribution is 0.402. The van der Waals surface area contributed by atoms with Crippen LogP contribution in [0.15, 0.2) is 48.5 Å². The Morgan fingerprint density at radius 3 is 1.82 bits per heavy atom. The van der Waals surface area contributed by atoms with Crippen LogP contribution in [0.5, 0.6) is 11.5 Å². The first-order valence-electron chi connectivity index (χ1n) is 6.74. The van der Waals surface area contributed by atoms with Crippen LogP contribution in [-0.2, 0) is 23.1 Å². The van der Waals surface area contributed by atoms with Gasteiger partial charge < -0.3 is 9.84 Å². The average Bonchev–Trinajstić information content (AvgIpc) is 2.48. The van der Waals surface area contributed by atoms with Crippen molar-refractivity contribution in [3.05, 3.63) is 59.7 Å². The Morgan fingerprint density at radius 1 is 0.955 bits per heavy atom. The molecule has 118 valence electrons. The summed E-state index contributed by atoms with van der Waals surface area (Å²) < 4.78 is 30.4. The summed E-state index contributed by atoms with van der Waals surface area (Å²) in [5, 5.41) is 9.29. The molecule has 6 heteroatoms. The Hall–Kier alpha value is -2.05. The molecule has 0 aromatic heterocycles. The standard InChI is InChI=1S/C16H19NO4S/c1-21-16-9-5-14(6-10-16)12-17(22(2,19)20)11-13-3-7-15(18)8-4-13/h3-10,18H,11-12H2,1-2H3. The van der Waals surface area contributed by atoms with E-state index >= 15 is 0 Å². The van der Waals surface area contributed by atoms with Crippen LogP contribution in [-0.4, -0.2) is 31.2 Å². The molecule has 0 amide bonds. The van der Waals surface area contributed by atoms with Crippen molar-refractivity contribution in [1.29, 1.82) is 0 Å². The van der Waals surface area contributed by atoms with Crippen molar-refractivity contribution in [3.8, 4) is 11.5 Å². The van der Waals surface area contributed by atoms with Crippen LogP contribution < -0.4 is 4.74 Å². The normalized spacial score (nSPS) is 11.6. The van der Waals surface area contributed by atoms with Gasteiger partial charge in [0, 0.05) is 13.1 Å². The maximum atomic E-state index is 12.0. The first-order chi connectivity index (χ1) is 10.4. The molecular formula is C16H19NO4S. The van der Waals surface area contributed by atoms with Crippen LogP contribution in [0.1, 0.15) is 11.1 Å². The molecule has 0 atom stereocenters. The molecule has 0 saturated heterocycles.